The van der Waals surface area contributed by atoms with E-state index in [1.54, 1.807) is 18.5 Å². The lowest BCUT2D eigenvalue weighted by Crippen LogP contribution is -2.47. The first-order chi connectivity index (χ1) is 11.1. The number of benzene rings is 1. The zero-order valence-corrected chi connectivity index (χ0v) is 13.8. The molecular formula is C18H23FN4. The number of hydrogen-bond acceptors (Lipinski definition) is 4. The Balaban J connectivity index is 1.53. The van der Waals surface area contributed by atoms with Crippen LogP contribution in [0.4, 0.5) is 10.2 Å². The van der Waals surface area contributed by atoms with Crippen molar-refractivity contribution in [3.05, 3.63) is 53.2 Å². The van der Waals surface area contributed by atoms with Crippen molar-refractivity contribution in [1.82, 2.24) is 14.9 Å². The van der Waals surface area contributed by atoms with E-state index in [1.807, 2.05) is 13.0 Å². The molecule has 1 aromatic heterocycles. The summed E-state index contributed by atoms with van der Waals surface area (Å²) in [6.45, 7) is 9.05. The average Bonchev–Trinajstić information content (AvgIpc) is 2.56. The van der Waals surface area contributed by atoms with Crippen LogP contribution in [-0.2, 0) is 6.42 Å². The molecule has 0 bridgehead atoms. The summed E-state index contributed by atoms with van der Waals surface area (Å²) in [5.74, 6) is 0.907. The van der Waals surface area contributed by atoms with E-state index in [9.17, 15) is 4.39 Å². The standard InChI is InChI=1S/C18H23FN4/c1-14-15(2)20-13-21-18(14)23-10-8-22(9-11-23)7-6-16-4-3-5-17(19)12-16/h3-5,12-13H,6-11H2,1-2H3. The molecule has 122 valence electrons. The molecule has 1 aliphatic rings. The predicted octanol–water partition coefficient (Wildman–Crippen LogP) is 2.60. The third-order valence-corrected chi connectivity index (χ3v) is 4.59. The first kappa shape index (κ1) is 15.9. The first-order valence-corrected chi connectivity index (χ1v) is 8.13. The van der Waals surface area contributed by atoms with Gasteiger partial charge in [0.15, 0.2) is 0 Å². The van der Waals surface area contributed by atoms with Gasteiger partial charge in [-0.3, -0.25) is 4.90 Å². The van der Waals surface area contributed by atoms with E-state index in [2.05, 4.69) is 26.7 Å². The molecule has 0 spiro atoms. The van der Waals surface area contributed by atoms with Crippen LogP contribution >= 0.6 is 0 Å². The molecule has 0 N–H and O–H groups in total. The van der Waals surface area contributed by atoms with Crippen LogP contribution in [0.1, 0.15) is 16.8 Å². The Morgan fingerprint density at radius 1 is 1.09 bits per heavy atom. The summed E-state index contributed by atoms with van der Waals surface area (Å²) in [6.07, 6.45) is 2.54. The lowest BCUT2D eigenvalue weighted by atomic mass is 10.1. The smallest absolute Gasteiger partial charge is 0.135 e. The van der Waals surface area contributed by atoms with Gasteiger partial charge in [-0.2, -0.15) is 0 Å². The number of rotatable bonds is 4. The van der Waals surface area contributed by atoms with E-state index in [0.717, 1.165) is 56.2 Å². The van der Waals surface area contributed by atoms with Gasteiger partial charge in [0.2, 0.25) is 0 Å². The van der Waals surface area contributed by atoms with Crippen molar-refractivity contribution in [3.8, 4) is 0 Å². The lowest BCUT2D eigenvalue weighted by Gasteiger charge is -2.36. The third-order valence-electron chi connectivity index (χ3n) is 4.59. The summed E-state index contributed by atoms with van der Waals surface area (Å²) >= 11 is 0. The molecule has 0 atom stereocenters. The van der Waals surface area contributed by atoms with Gasteiger partial charge >= 0.3 is 0 Å². The van der Waals surface area contributed by atoms with E-state index in [4.69, 9.17) is 0 Å². The van der Waals surface area contributed by atoms with Gasteiger partial charge < -0.3 is 4.90 Å². The molecule has 1 aromatic carbocycles. The Hall–Kier alpha value is -2.01. The molecular weight excluding hydrogens is 291 g/mol. The van der Waals surface area contributed by atoms with Crippen LogP contribution < -0.4 is 4.90 Å². The number of nitrogens with zero attached hydrogens (tertiary/aromatic N) is 4. The predicted molar refractivity (Wildman–Crippen MR) is 90.3 cm³/mol. The van der Waals surface area contributed by atoms with E-state index in [-0.39, 0.29) is 5.82 Å². The molecule has 0 amide bonds. The van der Waals surface area contributed by atoms with Crippen molar-refractivity contribution in [2.75, 3.05) is 37.6 Å². The van der Waals surface area contributed by atoms with Gasteiger partial charge in [0, 0.05) is 44.0 Å². The van der Waals surface area contributed by atoms with E-state index < -0.39 is 0 Å². The lowest BCUT2D eigenvalue weighted by molar-refractivity contribution is 0.260. The fraction of sp³-hybridized carbons (Fsp3) is 0.444. The van der Waals surface area contributed by atoms with Crippen LogP contribution in [0.3, 0.4) is 0 Å². The Labute approximate surface area is 137 Å². The number of anilines is 1. The molecule has 2 aromatic rings. The second kappa shape index (κ2) is 7.04. The molecule has 0 aliphatic carbocycles. The van der Waals surface area contributed by atoms with Crippen LogP contribution in [0, 0.1) is 19.7 Å². The maximum absolute atomic E-state index is 13.2. The molecule has 0 saturated carbocycles. The quantitative estimate of drug-likeness (QED) is 0.868. The summed E-state index contributed by atoms with van der Waals surface area (Å²) < 4.78 is 13.2. The van der Waals surface area contributed by atoms with Crippen LogP contribution in [0.25, 0.3) is 0 Å². The van der Waals surface area contributed by atoms with Crippen LogP contribution in [0.15, 0.2) is 30.6 Å². The van der Waals surface area contributed by atoms with E-state index in [1.165, 1.54) is 11.6 Å². The monoisotopic (exact) mass is 314 g/mol. The number of hydrogen-bond donors (Lipinski definition) is 0. The molecule has 0 radical (unpaired) electrons. The van der Waals surface area contributed by atoms with Crippen molar-refractivity contribution in [2.24, 2.45) is 0 Å². The van der Waals surface area contributed by atoms with Gasteiger partial charge in [-0.25, -0.2) is 14.4 Å². The van der Waals surface area contributed by atoms with Crippen molar-refractivity contribution >= 4 is 5.82 Å². The van der Waals surface area contributed by atoms with E-state index >= 15 is 0 Å². The SMILES string of the molecule is Cc1ncnc(N2CCN(CCc3cccc(F)c3)CC2)c1C. The second-order valence-electron chi connectivity index (χ2n) is 6.12. The first-order valence-electron chi connectivity index (χ1n) is 8.13. The maximum Gasteiger partial charge on any atom is 0.135 e. The maximum atomic E-state index is 13.2. The van der Waals surface area contributed by atoms with Gasteiger partial charge in [-0.05, 0) is 38.0 Å². The second-order valence-corrected chi connectivity index (χ2v) is 6.12. The Morgan fingerprint density at radius 3 is 2.61 bits per heavy atom. The minimum Gasteiger partial charge on any atom is -0.354 e. The molecule has 3 rings (SSSR count). The van der Waals surface area contributed by atoms with Gasteiger partial charge in [0.25, 0.3) is 0 Å². The number of aryl methyl sites for hydroxylation is 1. The largest absolute Gasteiger partial charge is 0.354 e. The van der Waals surface area contributed by atoms with Crippen LogP contribution in [-0.4, -0.2) is 47.6 Å². The molecule has 4 nitrogen and oxygen atoms in total. The highest BCUT2D eigenvalue weighted by atomic mass is 19.1. The van der Waals surface area contributed by atoms with Gasteiger partial charge in [-0.1, -0.05) is 12.1 Å². The fourth-order valence-electron chi connectivity index (χ4n) is 3.01. The number of piperazine rings is 1. The molecule has 0 unspecified atom stereocenters. The summed E-state index contributed by atoms with van der Waals surface area (Å²) in [7, 11) is 0. The normalized spacial score (nSPS) is 15.9. The zero-order valence-electron chi connectivity index (χ0n) is 13.8. The Morgan fingerprint density at radius 2 is 1.87 bits per heavy atom. The third kappa shape index (κ3) is 3.85. The zero-order chi connectivity index (χ0) is 16.2. The van der Waals surface area contributed by atoms with Crippen molar-refractivity contribution in [2.45, 2.75) is 20.3 Å². The highest BCUT2D eigenvalue weighted by molar-refractivity contribution is 5.47. The Bertz CT molecular complexity index is 666. The van der Waals surface area contributed by atoms with Gasteiger partial charge in [0.1, 0.15) is 18.0 Å². The summed E-state index contributed by atoms with van der Waals surface area (Å²) in [5, 5.41) is 0. The van der Waals surface area contributed by atoms with Gasteiger partial charge in [-0.15, -0.1) is 0 Å². The minimum atomic E-state index is -0.151. The summed E-state index contributed by atoms with van der Waals surface area (Å²) in [5.41, 5.74) is 3.28. The minimum absolute atomic E-state index is 0.151. The van der Waals surface area contributed by atoms with Gasteiger partial charge in [0.05, 0.1) is 0 Å². The summed E-state index contributed by atoms with van der Waals surface area (Å²) in [4.78, 5) is 13.5. The highest BCUT2D eigenvalue weighted by Gasteiger charge is 2.19. The van der Waals surface area contributed by atoms with Crippen molar-refractivity contribution in [1.29, 1.82) is 0 Å². The molecule has 23 heavy (non-hydrogen) atoms. The van der Waals surface area contributed by atoms with Crippen molar-refractivity contribution in [3.63, 3.8) is 0 Å². The number of halogens is 1. The number of aromatic nitrogens is 2. The topological polar surface area (TPSA) is 32.3 Å². The van der Waals surface area contributed by atoms with Crippen LogP contribution in [0.5, 0.6) is 0 Å². The highest BCUT2D eigenvalue weighted by Crippen LogP contribution is 2.19. The van der Waals surface area contributed by atoms with Crippen LogP contribution in [0.2, 0.25) is 0 Å². The van der Waals surface area contributed by atoms with Crippen molar-refractivity contribution < 1.29 is 4.39 Å². The average molecular weight is 314 g/mol. The molecule has 1 saturated heterocycles. The fourth-order valence-corrected chi connectivity index (χ4v) is 3.01. The molecule has 1 fully saturated rings. The summed E-state index contributed by atoms with van der Waals surface area (Å²) in [6, 6.07) is 6.90. The van der Waals surface area contributed by atoms with E-state index in [0.29, 0.717) is 0 Å². The molecule has 2 heterocycles. The molecule has 1 aliphatic heterocycles. The molecule has 5 heteroatoms. The Kier molecular flexibility index (Phi) is 4.86.